The Labute approximate surface area is 159 Å². The number of nitrogens with zero attached hydrogens (tertiary/aromatic N) is 3. The Morgan fingerprint density at radius 1 is 1.19 bits per heavy atom. The fourth-order valence-corrected chi connectivity index (χ4v) is 3.98. The Balaban J connectivity index is 1.44. The minimum Gasteiger partial charge on any atom is -0.346 e. The Bertz CT molecular complexity index is 818. The molecule has 6 heteroatoms. The zero-order valence-electron chi connectivity index (χ0n) is 15.7. The first kappa shape index (κ1) is 17.8. The van der Waals surface area contributed by atoms with Crippen LogP contribution in [-0.4, -0.2) is 44.9 Å². The lowest BCUT2D eigenvalue weighted by atomic mass is 9.82. The van der Waals surface area contributed by atoms with Crippen molar-refractivity contribution < 1.29 is 9.59 Å². The molecule has 1 aliphatic carbocycles. The molecule has 4 rings (SSSR count). The fourth-order valence-electron chi connectivity index (χ4n) is 3.98. The minimum absolute atomic E-state index is 0.0132. The minimum atomic E-state index is -0.213. The summed E-state index contributed by atoms with van der Waals surface area (Å²) < 4.78 is 1.79. The Morgan fingerprint density at radius 2 is 1.89 bits per heavy atom. The highest BCUT2D eigenvalue weighted by Gasteiger charge is 2.41. The maximum absolute atomic E-state index is 12.8. The van der Waals surface area contributed by atoms with Crippen molar-refractivity contribution in [3.8, 4) is 0 Å². The second-order valence-electron chi connectivity index (χ2n) is 7.96. The van der Waals surface area contributed by atoms with Crippen LogP contribution in [0, 0.1) is 5.92 Å². The summed E-state index contributed by atoms with van der Waals surface area (Å²) in [7, 11) is 1.86. The molecule has 2 aromatic rings. The van der Waals surface area contributed by atoms with E-state index in [1.807, 2.05) is 42.3 Å². The molecule has 1 aromatic carbocycles. The zero-order valence-corrected chi connectivity index (χ0v) is 15.7. The molecule has 1 aromatic heterocycles. The van der Waals surface area contributed by atoms with Crippen molar-refractivity contribution in [2.24, 2.45) is 13.0 Å². The van der Waals surface area contributed by atoms with Gasteiger partial charge in [0.2, 0.25) is 0 Å². The molecule has 142 valence electrons. The lowest BCUT2D eigenvalue weighted by molar-refractivity contribution is 0.0596. The lowest BCUT2D eigenvalue weighted by Crippen LogP contribution is -2.56. The van der Waals surface area contributed by atoms with Gasteiger partial charge in [0, 0.05) is 37.4 Å². The second-order valence-corrected chi connectivity index (χ2v) is 7.96. The number of benzene rings is 1. The van der Waals surface area contributed by atoms with E-state index in [0.717, 1.165) is 19.3 Å². The number of hydrogen-bond donors (Lipinski definition) is 1. The van der Waals surface area contributed by atoms with E-state index < -0.39 is 0 Å². The summed E-state index contributed by atoms with van der Waals surface area (Å²) in [6, 6.07) is 9.38. The lowest BCUT2D eigenvalue weighted by Gasteiger charge is -2.42. The van der Waals surface area contributed by atoms with E-state index >= 15 is 0 Å². The number of aromatic nitrogens is 2. The highest BCUT2D eigenvalue weighted by atomic mass is 16.2. The number of imidazole rings is 1. The highest BCUT2D eigenvalue weighted by Crippen LogP contribution is 2.40. The van der Waals surface area contributed by atoms with E-state index in [-0.39, 0.29) is 17.4 Å². The molecule has 1 aliphatic heterocycles. The summed E-state index contributed by atoms with van der Waals surface area (Å²) in [6.45, 7) is 1.30. The summed E-state index contributed by atoms with van der Waals surface area (Å²) in [6.07, 6.45) is 8.50. The summed E-state index contributed by atoms with van der Waals surface area (Å²) in [4.78, 5) is 31.5. The van der Waals surface area contributed by atoms with Gasteiger partial charge in [0.25, 0.3) is 11.8 Å². The van der Waals surface area contributed by atoms with Crippen LogP contribution in [0.3, 0.4) is 0 Å². The number of piperidine rings is 1. The topological polar surface area (TPSA) is 67.2 Å². The van der Waals surface area contributed by atoms with Gasteiger partial charge in [-0.15, -0.1) is 0 Å². The molecule has 2 heterocycles. The SMILES string of the molecule is Cn1cnc(C(=O)N2CCC(CC3CC3)(NC(=O)c3ccccc3)CC2)c1. The zero-order chi connectivity index (χ0) is 18.9. The molecule has 2 fully saturated rings. The molecule has 0 atom stereocenters. The van der Waals surface area contributed by atoms with Crippen LogP contribution >= 0.6 is 0 Å². The van der Waals surface area contributed by atoms with Gasteiger partial charge in [-0.3, -0.25) is 9.59 Å². The molecule has 1 N–H and O–H groups in total. The third kappa shape index (κ3) is 4.04. The van der Waals surface area contributed by atoms with Crippen LogP contribution in [0.25, 0.3) is 0 Å². The molecule has 0 unspecified atom stereocenters. The largest absolute Gasteiger partial charge is 0.346 e. The molecule has 1 saturated heterocycles. The van der Waals surface area contributed by atoms with E-state index in [1.165, 1.54) is 12.8 Å². The summed E-state index contributed by atoms with van der Waals surface area (Å²) in [5, 5.41) is 3.33. The fraction of sp³-hybridized carbons (Fsp3) is 0.476. The monoisotopic (exact) mass is 366 g/mol. The van der Waals surface area contributed by atoms with E-state index in [1.54, 1.807) is 17.1 Å². The second kappa shape index (κ2) is 7.18. The third-order valence-corrected chi connectivity index (χ3v) is 5.72. The van der Waals surface area contributed by atoms with Crippen LogP contribution < -0.4 is 5.32 Å². The van der Waals surface area contributed by atoms with Gasteiger partial charge in [-0.05, 0) is 37.3 Å². The molecule has 0 radical (unpaired) electrons. The standard InChI is InChI=1S/C21H26N4O2/c1-24-14-18(22-15-24)20(27)25-11-9-21(10-12-25,13-16-7-8-16)23-19(26)17-5-3-2-4-6-17/h2-6,14-16H,7-13H2,1H3,(H,23,26). The normalized spacial score (nSPS) is 18.9. The molecule has 2 amide bonds. The molecule has 0 bridgehead atoms. The van der Waals surface area contributed by atoms with Gasteiger partial charge in [-0.25, -0.2) is 4.98 Å². The van der Waals surface area contributed by atoms with Crippen molar-refractivity contribution in [3.63, 3.8) is 0 Å². The van der Waals surface area contributed by atoms with Gasteiger partial charge in [0.05, 0.1) is 6.33 Å². The molecular weight excluding hydrogens is 340 g/mol. The van der Waals surface area contributed by atoms with Gasteiger partial charge in [-0.2, -0.15) is 0 Å². The molecule has 27 heavy (non-hydrogen) atoms. The summed E-state index contributed by atoms with van der Waals surface area (Å²) >= 11 is 0. The summed E-state index contributed by atoms with van der Waals surface area (Å²) in [5.74, 6) is 0.671. The Morgan fingerprint density at radius 3 is 2.48 bits per heavy atom. The number of carbonyl (C=O) groups excluding carboxylic acids is 2. The van der Waals surface area contributed by atoms with Crippen LogP contribution in [0.2, 0.25) is 0 Å². The number of aryl methyl sites for hydroxylation is 1. The van der Waals surface area contributed by atoms with Gasteiger partial charge in [0.1, 0.15) is 5.69 Å². The Kier molecular flexibility index (Phi) is 4.72. The van der Waals surface area contributed by atoms with Crippen molar-refractivity contribution >= 4 is 11.8 Å². The molecule has 2 aliphatic rings. The first-order chi connectivity index (χ1) is 13.0. The predicted octanol–water partition coefficient (Wildman–Crippen LogP) is 2.63. The number of rotatable bonds is 5. The first-order valence-electron chi connectivity index (χ1n) is 9.69. The number of likely N-dealkylation sites (tertiary alicyclic amines) is 1. The molecular formula is C21H26N4O2. The molecule has 1 saturated carbocycles. The first-order valence-corrected chi connectivity index (χ1v) is 9.69. The average Bonchev–Trinajstić information content (AvgIpc) is 3.39. The van der Waals surface area contributed by atoms with Crippen LogP contribution in [0.5, 0.6) is 0 Å². The van der Waals surface area contributed by atoms with Gasteiger partial charge in [-0.1, -0.05) is 31.0 Å². The van der Waals surface area contributed by atoms with Crippen molar-refractivity contribution in [3.05, 3.63) is 54.1 Å². The third-order valence-electron chi connectivity index (χ3n) is 5.72. The van der Waals surface area contributed by atoms with Gasteiger partial charge < -0.3 is 14.8 Å². The maximum Gasteiger partial charge on any atom is 0.274 e. The van der Waals surface area contributed by atoms with E-state index in [0.29, 0.717) is 30.3 Å². The van der Waals surface area contributed by atoms with Crippen LogP contribution in [0.4, 0.5) is 0 Å². The van der Waals surface area contributed by atoms with Crippen LogP contribution in [0.1, 0.15) is 53.0 Å². The number of carbonyl (C=O) groups is 2. The van der Waals surface area contributed by atoms with Crippen LogP contribution in [0.15, 0.2) is 42.9 Å². The van der Waals surface area contributed by atoms with Crippen molar-refractivity contribution in [1.82, 2.24) is 19.8 Å². The quantitative estimate of drug-likeness (QED) is 0.885. The number of amides is 2. The van der Waals surface area contributed by atoms with E-state index in [9.17, 15) is 9.59 Å². The Hall–Kier alpha value is -2.63. The highest BCUT2D eigenvalue weighted by molar-refractivity contribution is 5.95. The maximum atomic E-state index is 12.8. The summed E-state index contributed by atoms with van der Waals surface area (Å²) in [5.41, 5.74) is 0.967. The predicted molar refractivity (Wildman–Crippen MR) is 102 cm³/mol. The van der Waals surface area contributed by atoms with Gasteiger partial charge >= 0.3 is 0 Å². The van der Waals surface area contributed by atoms with Crippen molar-refractivity contribution in [1.29, 1.82) is 0 Å². The van der Waals surface area contributed by atoms with Crippen molar-refractivity contribution in [2.75, 3.05) is 13.1 Å². The smallest absolute Gasteiger partial charge is 0.274 e. The molecule has 0 spiro atoms. The van der Waals surface area contributed by atoms with E-state index in [2.05, 4.69) is 10.3 Å². The van der Waals surface area contributed by atoms with E-state index in [4.69, 9.17) is 0 Å². The average molecular weight is 366 g/mol. The molecule has 6 nitrogen and oxygen atoms in total. The van der Waals surface area contributed by atoms with Crippen LogP contribution in [-0.2, 0) is 7.05 Å². The number of hydrogen-bond acceptors (Lipinski definition) is 3. The number of nitrogens with one attached hydrogen (secondary N) is 1. The van der Waals surface area contributed by atoms with Gasteiger partial charge in [0.15, 0.2) is 0 Å². The van der Waals surface area contributed by atoms with Crippen molar-refractivity contribution in [2.45, 2.75) is 37.6 Å².